The van der Waals surface area contributed by atoms with Crippen LogP contribution in [0, 0.1) is 0 Å². The van der Waals surface area contributed by atoms with Crippen molar-refractivity contribution in [2.24, 2.45) is 0 Å². The second kappa shape index (κ2) is 3.21. The number of hydrogen-bond acceptors (Lipinski definition) is 1. The molecule has 2 atom stereocenters. The van der Waals surface area contributed by atoms with Gasteiger partial charge in [0, 0.05) is 0 Å². The van der Waals surface area contributed by atoms with Crippen LogP contribution in [0.1, 0.15) is 0 Å². The fourth-order valence-electron chi connectivity index (χ4n) is 0.532. The maximum atomic E-state index is 5.03. The SMILES string of the molecule is C=CCPCC1CO1. The summed E-state index contributed by atoms with van der Waals surface area (Å²) in [6.45, 7) is 4.65. The fourth-order valence-corrected chi connectivity index (χ4v) is 1.46. The summed E-state index contributed by atoms with van der Waals surface area (Å²) in [6.07, 6.45) is 5.01. The highest BCUT2D eigenvalue weighted by molar-refractivity contribution is 7.38. The number of rotatable bonds is 4. The topological polar surface area (TPSA) is 12.5 Å². The molecule has 1 aliphatic rings. The van der Waals surface area contributed by atoms with Crippen molar-refractivity contribution in [2.75, 3.05) is 18.9 Å². The maximum Gasteiger partial charge on any atom is 0.0846 e. The number of allylic oxidation sites excluding steroid dienone is 1. The molecule has 1 fully saturated rings. The summed E-state index contributed by atoms with van der Waals surface area (Å²) < 4.78 is 5.03. The van der Waals surface area contributed by atoms with E-state index in [1.54, 1.807) is 0 Å². The van der Waals surface area contributed by atoms with Gasteiger partial charge in [0.15, 0.2) is 0 Å². The molecule has 0 radical (unpaired) electrons. The van der Waals surface area contributed by atoms with Crippen LogP contribution in [-0.2, 0) is 4.74 Å². The van der Waals surface area contributed by atoms with Crippen LogP contribution in [0.2, 0.25) is 0 Å². The minimum absolute atomic E-state index is 0.619. The first kappa shape index (κ1) is 6.25. The Balaban J connectivity index is 1.80. The van der Waals surface area contributed by atoms with Gasteiger partial charge in [0.25, 0.3) is 0 Å². The Morgan fingerprint density at radius 2 is 2.62 bits per heavy atom. The molecular formula is C6H11OP. The largest absolute Gasteiger partial charge is 0.373 e. The summed E-state index contributed by atoms with van der Waals surface area (Å²) >= 11 is 0. The van der Waals surface area contributed by atoms with Gasteiger partial charge in [-0.15, -0.1) is 15.2 Å². The average Bonchev–Trinajstić information content (AvgIpc) is 2.51. The lowest BCUT2D eigenvalue weighted by atomic mass is 10.6. The molecule has 0 aromatic carbocycles. The molecule has 0 amide bonds. The second-order valence-corrected chi connectivity index (χ2v) is 3.22. The van der Waals surface area contributed by atoms with E-state index < -0.39 is 0 Å². The summed E-state index contributed by atoms with van der Waals surface area (Å²) in [5.74, 6) is 0. The summed E-state index contributed by atoms with van der Waals surface area (Å²) in [4.78, 5) is 0. The smallest absolute Gasteiger partial charge is 0.0846 e. The highest BCUT2D eigenvalue weighted by Gasteiger charge is 2.20. The molecule has 0 aliphatic carbocycles. The molecule has 1 heterocycles. The first-order chi connectivity index (χ1) is 3.93. The van der Waals surface area contributed by atoms with Crippen molar-refractivity contribution < 1.29 is 4.74 Å². The molecule has 1 saturated heterocycles. The molecule has 1 aliphatic heterocycles. The van der Waals surface area contributed by atoms with E-state index in [0.29, 0.717) is 6.10 Å². The third kappa shape index (κ3) is 2.44. The molecular weight excluding hydrogens is 119 g/mol. The Labute approximate surface area is 51.9 Å². The molecule has 2 unspecified atom stereocenters. The second-order valence-electron chi connectivity index (χ2n) is 1.90. The Bertz CT molecular complexity index is 78.6. The van der Waals surface area contributed by atoms with E-state index in [0.717, 1.165) is 15.2 Å². The lowest BCUT2D eigenvalue weighted by Gasteiger charge is -1.88. The van der Waals surface area contributed by atoms with Crippen molar-refractivity contribution in [1.82, 2.24) is 0 Å². The van der Waals surface area contributed by atoms with Crippen LogP contribution in [0.3, 0.4) is 0 Å². The minimum atomic E-state index is 0.619. The molecule has 1 nitrogen and oxygen atoms in total. The first-order valence-electron chi connectivity index (χ1n) is 2.86. The van der Waals surface area contributed by atoms with Gasteiger partial charge in [-0.25, -0.2) is 0 Å². The average molecular weight is 130 g/mol. The molecule has 2 heteroatoms. The molecule has 0 aromatic rings. The van der Waals surface area contributed by atoms with E-state index in [-0.39, 0.29) is 0 Å². The van der Waals surface area contributed by atoms with Gasteiger partial charge >= 0.3 is 0 Å². The van der Waals surface area contributed by atoms with Crippen molar-refractivity contribution in [3.05, 3.63) is 12.7 Å². The minimum Gasteiger partial charge on any atom is -0.373 e. The van der Waals surface area contributed by atoms with Gasteiger partial charge < -0.3 is 4.74 Å². The van der Waals surface area contributed by atoms with Crippen LogP contribution in [0.15, 0.2) is 12.7 Å². The van der Waals surface area contributed by atoms with E-state index in [2.05, 4.69) is 6.58 Å². The quantitative estimate of drug-likeness (QED) is 0.241. The van der Waals surface area contributed by atoms with Crippen molar-refractivity contribution >= 4 is 8.58 Å². The van der Waals surface area contributed by atoms with Crippen LogP contribution >= 0.6 is 8.58 Å². The molecule has 0 spiro atoms. The Morgan fingerprint density at radius 3 is 3.12 bits per heavy atom. The van der Waals surface area contributed by atoms with E-state index in [1.807, 2.05) is 6.08 Å². The Morgan fingerprint density at radius 1 is 1.88 bits per heavy atom. The summed E-state index contributed by atoms with van der Waals surface area (Å²) in [6, 6.07) is 0. The van der Waals surface area contributed by atoms with Gasteiger partial charge in [-0.3, -0.25) is 0 Å². The van der Waals surface area contributed by atoms with Crippen LogP contribution in [0.4, 0.5) is 0 Å². The standard InChI is InChI=1S/C6H11OP/c1-2-3-8-5-6-4-7-6/h2,6,8H,1,3-5H2. The molecule has 46 valence electrons. The van der Waals surface area contributed by atoms with Crippen LogP contribution < -0.4 is 0 Å². The number of ether oxygens (including phenoxy) is 1. The van der Waals surface area contributed by atoms with Gasteiger partial charge in [-0.2, -0.15) is 0 Å². The summed E-state index contributed by atoms with van der Waals surface area (Å²) in [5, 5.41) is 0. The highest BCUT2D eigenvalue weighted by Crippen LogP contribution is 2.20. The lowest BCUT2D eigenvalue weighted by molar-refractivity contribution is 0.425. The molecule has 0 N–H and O–H groups in total. The number of hydrogen-bond donors (Lipinski definition) is 0. The van der Waals surface area contributed by atoms with Crippen LogP contribution in [0.5, 0.6) is 0 Å². The predicted octanol–water partition coefficient (Wildman–Crippen LogP) is 1.25. The molecule has 0 saturated carbocycles. The van der Waals surface area contributed by atoms with E-state index in [4.69, 9.17) is 4.74 Å². The normalized spacial score (nSPS) is 26.8. The van der Waals surface area contributed by atoms with Gasteiger partial charge in [0.1, 0.15) is 0 Å². The Kier molecular flexibility index (Phi) is 2.51. The zero-order chi connectivity index (χ0) is 5.82. The number of epoxide rings is 1. The van der Waals surface area contributed by atoms with E-state index in [1.165, 1.54) is 12.3 Å². The van der Waals surface area contributed by atoms with Crippen molar-refractivity contribution in [3.63, 3.8) is 0 Å². The molecule has 1 rings (SSSR count). The Hall–Kier alpha value is 0.130. The highest BCUT2D eigenvalue weighted by atomic mass is 31.1. The maximum absolute atomic E-state index is 5.03. The van der Waals surface area contributed by atoms with Crippen molar-refractivity contribution in [1.29, 1.82) is 0 Å². The van der Waals surface area contributed by atoms with Gasteiger partial charge in [0.2, 0.25) is 0 Å². The summed E-state index contributed by atoms with van der Waals surface area (Å²) in [7, 11) is 1.03. The van der Waals surface area contributed by atoms with Crippen molar-refractivity contribution in [3.8, 4) is 0 Å². The third-order valence-electron chi connectivity index (χ3n) is 1.06. The zero-order valence-corrected chi connectivity index (χ0v) is 5.89. The predicted molar refractivity (Wildman–Crippen MR) is 38.0 cm³/mol. The fraction of sp³-hybridized carbons (Fsp3) is 0.667. The lowest BCUT2D eigenvalue weighted by Crippen LogP contribution is -1.85. The van der Waals surface area contributed by atoms with Gasteiger partial charge in [-0.05, 0) is 12.3 Å². The van der Waals surface area contributed by atoms with Crippen molar-refractivity contribution in [2.45, 2.75) is 6.10 Å². The van der Waals surface area contributed by atoms with Crippen LogP contribution in [0.25, 0.3) is 0 Å². The first-order valence-corrected chi connectivity index (χ1v) is 4.28. The monoisotopic (exact) mass is 130 g/mol. The summed E-state index contributed by atoms with van der Waals surface area (Å²) in [5.41, 5.74) is 0. The molecule has 0 bridgehead atoms. The van der Waals surface area contributed by atoms with Gasteiger partial charge in [-0.1, -0.05) is 6.08 Å². The van der Waals surface area contributed by atoms with E-state index >= 15 is 0 Å². The third-order valence-corrected chi connectivity index (χ3v) is 2.38. The zero-order valence-electron chi connectivity index (χ0n) is 4.89. The van der Waals surface area contributed by atoms with Gasteiger partial charge in [0.05, 0.1) is 12.7 Å². The van der Waals surface area contributed by atoms with Crippen LogP contribution in [-0.4, -0.2) is 25.0 Å². The molecule has 8 heavy (non-hydrogen) atoms. The molecule has 0 aromatic heterocycles. The van der Waals surface area contributed by atoms with E-state index in [9.17, 15) is 0 Å².